The van der Waals surface area contributed by atoms with E-state index in [0.717, 1.165) is 0 Å². The summed E-state index contributed by atoms with van der Waals surface area (Å²) in [7, 11) is 1.32. The molecular formula is C11H21N3O4. The molecule has 0 radical (unpaired) electrons. The number of amides is 3. The standard InChI is InChI=1S/C11H21N3O4/c1-7(2)6-8(10(16)18-3)13-5-4-9(15)14-11(12)17/h7-8,13H,4-6H2,1-3H3,(H3,12,14,15,17). The summed E-state index contributed by atoms with van der Waals surface area (Å²) in [6.45, 7) is 4.24. The van der Waals surface area contributed by atoms with Crippen LogP contribution in [0.15, 0.2) is 0 Å². The minimum atomic E-state index is -0.883. The number of imide groups is 1. The van der Waals surface area contributed by atoms with Crippen LogP contribution in [0.5, 0.6) is 0 Å². The molecule has 0 heterocycles. The second-order valence-electron chi connectivity index (χ2n) is 4.32. The molecule has 1 atom stereocenters. The maximum Gasteiger partial charge on any atom is 0.322 e. The van der Waals surface area contributed by atoms with Crippen molar-refractivity contribution in [3.05, 3.63) is 0 Å². The van der Waals surface area contributed by atoms with Crippen LogP contribution in [0.4, 0.5) is 4.79 Å². The van der Waals surface area contributed by atoms with Gasteiger partial charge in [0.25, 0.3) is 0 Å². The van der Waals surface area contributed by atoms with Crippen molar-refractivity contribution in [1.29, 1.82) is 0 Å². The van der Waals surface area contributed by atoms with Crippen LogP contribution < -0.4 is 16.4 Å². The highest BCUT2D eigenvalue weighted by Crippen LogP contribution is 2.06. The van der Waals surface area contributed by atoms with E-state index in [4.69, 9.17) is 5.73 Å². The fourth-order valence-electron chi connectivity index (χ4n) is 1.44. The molecule has 0 aromatic heterocycles. The van der Waals surface area contributed by atoms with Crippen LogP contribution >= 0.6 is 0 Å². The first kappa shape index (κ1) is 16.4. The Morgan fingerprint density at radius 3 is 2.33 bits per heavy atom. The maximum atomic E-state index is 11.4. The number of carbonyl (C=O) groups is 3. The van der Waals surface area contributed by atoms with Gasteiger partial charge in [-0.25, -0.2) is 4.79 Å². The van der Waals surface area contributed by atoms with Crippen LogP contribution in [0.1, 0.15) is 26.7 Å². The number of rotatable bonds is 7. The summed E-state index contributed by atoms with van der Waals surface area (Å²) in [6.07, 6.45) is 0.679. The summed E-state index contributed by atoms with van der Waals surface area (Å²) >= 11 is 0. The lowest BCUT2D eigenvalue weighted by atomic mass is 10.0. The van der Waals surface area contributed by atoms with E-state index < -0.39 is 18.0 Å². The Morgan fingerprint density at radius 2 is 1.89 bits per heavy atom. The van der Waals surface area contributed by atoms with Gasteiger partial charge in [0.05, 0.1) is 7.11 Å². The number of esters is 1. The molecule has 3 amide bonds. The topological polar surface area (TPSA) is 111 Å². The molecular weight excluding hydrogens is 238 g/mol. The SMILES string of the molecule is COC(=O)C(CC(C)C)NCCC(=O)NC(N)=O. The quantitative estimate of drug-likeness (QED) is 0.546. The number of methoxy groups -OCH3 is 1. The number of ether oxygens (including phenoxy) is 1. The van der Waals surface area contributed by atoms with Gasteiger partial charge >= 0.3 is 12.0 Å². The van der Waals surface area contributed by atoms with Gasteiger partial charge < -0.3 is 15.8 Å². The van der Waals surface area contributed by atoms with E-state index in [9.17, 15) is 14.4 Å². The Morgan fingerprint density at radius 1 is 1.28 bits per heavy atom. The number of urea groups is 1. The van der Waals surface area contributed by atoms with Crippen LogP contribution in [0.3, 0.4) is 0 Å². The number of nitrogens with one attached hydrogen (secondary N) is 2. The van der Waals surface area contributed by atoms with Crippen molar-refractivity contribution >= 4 is 17.9 Å². The number of hydrogen-bond donors (Lipinski definition) is 3. The number of nitrogens with two attached hydrogens (primary N) is 1. The van der Waals surface area contributed by atoms with Gasteiger partial charge in [0.1, 0.15) is 6.04 Å². The van der Waals surface area contributed by atoms with Gasteiger partial charge in [-0.2, -0.15) is 0 Å². The largest absolute Gasteiger partial charge is 0.468 e. The third kappa shape index (κ3) is 7.61. The molecule has 18 heavy (non-hydrogen) atoms. The highest BCUT2D eigenvalue weighted by molar-refractivity contribution is 5.93. The molecule has 7 nitrogen and oxygen atoms in total. The van der Waals surface area contributed by atoms with E-state index in [0.29, 0.717) is 12.3 Å². The monoisotopic (exact) mass is 259 g/mol. The van der Waals surface area contributed by atoms with Crippen molar-refractivity contribution in [3.8, 4) is 0 Å². The summed E-state index contributed by atoms with van der Waals surface area (Å²) in [5.74, 6) is -0.525. The van der Waals surface area contributed by atoms with Crippen molar-refractivity contribution in [2.45, 2.75) is 32.7 Å². The molecule has 0 aromatic rings. The first-order chi connectivity index (χ1) is 8.36. The van der Waals surface area contributed by atoms with Gasteiger partial charge in [-0.3, -0.25) is 14.9 Å². The van der Waals surface area contributed by atoms with Gasteiger partial charge in [0, 0.05) is 13.0 Å². The van der Waals surface area contributed by atoms with Gasteiger partial charge in [-0.1, -0.05) is 13.8 Å². The van der Waals surface area contributed by atoms with Crippen LogP contribution in [-0.2, 0) is 14.3 Å². The first-order valence-electron chi connectivity index (χ1n) is 5.77. The predicted octanol–water partition coefficient (Wildman–Crippen LogP) is -0.251. The number of hydrogen-bond acceptors (Lipinski definition) is 5. The Bertz CT molecular complexity index is 305. The Hall–Kier alpha value is -1.63. The van der Waals surface area contributed by atoms with Gasteiger partial charge in [-0.05, 0) is 12.3 Å². The van der Waals surface area contributed by atoms with Gasteiger partial charge in [-0.15, -0.1) is 0 Å². The number of carbonyl (C=O) groups excluding carboxylic acids is 3. The van der Waals surface area contributed by atoms with Crippen molar-refractivity contribution < 1.29 is 19.1 Å². The minimum absolute atomic E-state index is 0.0640. The zero-order valence-corrected chi connectivity index (χ0v) is 11.0. The lowest BCUT2D eigenvalue weighted by Crippen LogP contribution is -2.41. The van der Waals surface area contributed by atoms with Gasteiger partial charge in [0.15, 0.2) is 0 Å². The maximum absolute atomic E-state index is 11.4. The molecule has 104 valence electrons. The molecule has 0 spiro atoms. The molecule has 0 bridgehead atoms. The van der Waals surface area contributed by atoms with Crippen molar-refractivity contribution in [3.63, 3.8) is 0 Å². The summed E-state index contributed by atoms with van der Waals surface area (Å²) in [5.41, 5.74) is 4.80. The second kappa shape index (κ2) is 8.46. The summed E-state index contributed by atoms with van der Waals surface area (Å²) in [5, 5.41) is 4.86. The number of primary amides is 1. The fourth-order valence-corrected chi connectivity index (χ4v) is 1.44. The first-order valence-corrected chi connectivity index (χ1v) is 5.77. The lowest BCUT2D eigenvalue weighted by Gasteiger charge is -2.17. The Kier molecular flexibility index (Phi) is 7.69. The smallest absolute Gasteiger partial charge is 0.322 e. The van der Waals surface area contributed by atoms with Crippen LogP contribution in [0.2, 0.25) is 0 Å². The van der Waals surface area contributed by atoms with E-state index >= 15 is 0 Å². The molecule has 0 saturated heterocycles. The highest BCUT2D eigenvalue weighted by Gasteiger charge is 2.19. The normalized spacial score (nSPS) is 12.0. The van der Waals surface area contributed by atoms with Crippen LogP contribution in [0, 0.1) is 5.92 Å². The van der Waals surface area contributed by atoms with Crippen molar-refractivity contribution in [1.82, 2.24) is 10.6 Å². The molecule has 4 N–H and O–H groups in total. The molecule has 0 aliphatic rings. The molecule has 0 fully saturated rings. The van der Waals surface area contributed by atoms with Crippen LogP contribution in [-0.4, -0.2) is 37.6 Å². The van der Waals surface area contributed by atoms with E-state index in [1.807, 2.05) is 19.2 Å². The summed E-state index contributed by atoms with van der Waals surface area (Å²) in [6, 6.07) is -1.33. The third-order valence-corrected chi connectivity index (χ3v) is 2.20. The summed E-state index contributed by atoms with van der Waals surface area (Å²) in [4.78, 5) is 33.0. The molecule has 0 rings (SSSR count). The van der Waals surface area contributed by atoms with E-state index in [1.165, 1.54) is 7.11 Å². The average molecular weight is 259 g/mol. The zero-order valence-electron chi connectivity index (χ0n) is 11.0. The Labute approximate surface area is 106 Å². The lowest BCUT2D eigenvalue weighted by molar-refractivity contribution is -0.143. The second-order valence-corrected chi connectivity index (χ2v) is 4.32. The molecule has 0 aliphatic carbocycles. The van der Waals surface area contributed by atoms with E-state index in [-0.39, 0.29) is 18.9 Å². The zero-order chi connectivity index (χ0) is 14.1. The van der Waals surface area contributed by atoms with E-state index in [2.05, 4.69) is 10.1 Å². The van der Waals surface area contributed by atoms with Crippen LogP contribution in [0.25, 0.3) is 0 Å². The summed E-state index contributed by atoms with van der Waals surface area (Å²) < 4.78 is 4.66. The van der Waals surface area contributed by atoms with Crippen molar-refractivity contribution in [2.75, 3.05) is 13.7 Å². The molecule has 7 heteroatoms. The molecule has 1 unspecified atom stereocenters. The van der Waals surface area contributed by atoms with E-state index in [1.54, 1.807) is 0 Å². The molecule has 0 aliphatic heterocycles. The van der Waals surface area contributed by atoms with Crippen molar-refractivity contribution in [2.24, 2.45) is 11.7 Å². The molecule has 0 saturated carbocycles. The highest BCUT2D eigenvalue weighted by atomic mass is 16.5. The third-order valence-electron chi connectivity index (χ3n) is 2.20. The Balaban J connectivity index is 4.07. The fraction of sp³-hybridized carbons (Fsp3) is 0.727. The van der Waals surface area contributed by atoms with Gasteiger partial charge in [0.2, 0.25) is 5.91 Å². The average Bonchev–Trinajstić information content (AvgIpc) is 2.25. The molecule has 0 aromatic carbocycles. The predicted molar refractivity (Wildman–Crippen MR) is 65.6 cm³/mol. The minimum Gasteiger partial charge on any atom is -0.468 e.